The molecule has 0 spiro atoms. The number of esters is 2. The van der Waals surface area contributed by atoms with Crippen LogP contribution in [0, 0.1) is 0 Å². The molecule has 0 bridgehead atoms. The molecule has 1 aliphatic heterocycles. The lowest BCUT2D eigenvalue weighted by Gasteiger charge is -2.40. The molecule has 1 fully saturated rings. The van der Waals surface area contributed by atoms with Gasteiger partial charge in [-0.2, -0.15) is 8.42 Å². The van der Waals surface area contributed by atoms with E-state index in [1.54, 1.807) is 0 Å². The Hall–Kier alpha value is -1.87. The number of aliphatic hydroxyl groups is 3. The molecular weight excluding hydrogens is 789 g/mol. The summed E-state index contributed by atoms with van der Waals surface area (Å²) in [6.45, 7) is 3.74. The van der Waals surface area contributed by atoms with Crippen LogP contribution in [0.4, 0.5) is 0 Å². The van der Waals surface area contributed by atoms with E-state index in [1.165, 1.54) is 122 Å². The molecule has 6 atom stereocenters. The minimum absolute atomic E-state index is 0.163. The molecule has 0 amide bonds. The van der Waals surface area contributed by atoms with Crippen molar-refractivity contribution in [1.82, 2.24) is 0 Å². The van der Waals surface area contributed by atoms with E-state index in [4.69, 9.17) is 18.9 Å². The highest BCUT2D eigenvalue weighted by Gasteiger charge is 2.46. The molecule has 1 heterocycles. The van der Waals surface area contributed by atoms with Crippen LogP contribution in [0.1, 0.15) is 206 Å². The molecule has 1 saturated heterocycles. The number of unbranched alkanes of at least 4 members (excludes halogenated alkanes) is 24. The van der Waals surface area contributed by atoms with Gasteiger partial charge in [-0.3, -0.25) is 14.1 Å². The number of allylic oxidation sites excluding steroid dienone is 4. The predicted molar refractivity (Wildman–Crippen MR) is 238 cm³/mol. The van der Waals surface area contributed by atoms with Crippen molar-refractivity contribution in [2.24, 2.45) is 0 Å². The molecule has 0 aromatic rings. The summed E-state index contributed by atoms with van der Waals surface area (Å²) in [7, 11) is -4.60. The third-order valence-corrected chi connectivity index (χ3v) is 11.8. The van der Waals surface area contributed by atoms with Gasteiger partial charge in [0, 0.05) is 12.8 Å². The Balaban J connectivity index is 2.42. The summed E-state index contributed by atoms with van der Waals surface area (Å²) in [4.78, 5) is 25.4. The highest BCUT2D eigenvalue weighted by atomic mass is 32.2. The summed E-state index contributed by atoms with van der Waals surface area (Å²) in [5.74, 6) is -1.98. The molecule has 0 aromatic heterocycles. The second kappa shape index (κ2) is 37.7. The molecule has 2 unspecified atom stereocenters. The van der Waals surface area contributed by atoms with E-state index in [9.17, 15) is 37.9 Å². The van der Waals surface area contributed by atoms with Gasteiger partial charge in [0.15, 0.2) is 12.4 Å². The Labute approximate surface area is 364 Å². The van der Waals surface area contributed by atoms with Crippen molar-refractivity contribution in [3.63, 3.8) is 0 Å². The van der Waals surface area contributed by atoms with Crippen LogP contribution in [0.2, 0.25) is 0 Å². The number of hydrogen-bond acceptors (Lipinski definition) is 11. The van der Waals surface area contributed by atoms with Crippen molar-refractivity contribution < 1.29 is 56.8 Å². The molecule has 12 nitrogen and oxygen atoms in total. The van der Waals surface area contributed by atoms with E-state index in [2.05, 4.69) is 38.2 Å². The van der Waals surface area contributed by atoms with Gasteiger partial charge >= 0.3 is 11.9 Å². The van der Waals surface area contributed by atoms with Crippen LogP contribution >= 0.6 is 0 Å². The molecule has 352 valence electrons. The molecular formula is C47H86O12S. The topological polar surface area (TPSA) is 186 Å². The third-order valence-electron chi connectivity index (χ3n) is 11.0. The maximum atomic E-state index is 12.8. The van der Waals surface area contributed by atoms with Gasteiger partial charge in [0.2, 0.25) is 0 Å². The molecule has 0 radical (unpaired) electrons. The predicted octanol–water partition coefficient (Wildman–Crippen LogP) is 10.0. The first-order chi connectivity index (χ1) is 29.0. The van der Waals surface area contributed by atoms with E-state index in [0.29, 0.717) is 12.8 Å². The average Bonchev–Trinajstić information content (AvgIpc) is 3.21. The fraction of sp³-hybridized carbons (Fsp3) is 0.872. The minimum atomic E-state index is -4.60. The molecule has 13 heteroatoms. The van der Waals surface area contributed by atoms with Crippen molar-refractivity contribution in [3.05, 3.63) is 24.3 Å². The average molecular weight is 875 g/mol. The van der Waals surface area contributed by atoms with Crippen LogP contribution in [0.25, 0.3) is 0 Å². The van der Waals surface area contributed by atoms with Gasteiger partial charge in [-0.05, 0) is 64.2 Å². The quantitative estimate of drug-likeness (QED) is 0.0198. The van der Waals surface area contributed by atoms with Gasteiger partial charge in [0.25, 0.3) is 10.1 Å². The second-order valence-electron chi connectivity index (χ2n) is 16.8. The van der Waals surface area contributed by atoms with Crippen LogP contribution in [0.3, 0.4) is 0 Å². The monoisotopic (exact) mass is 875 g/mol. The van der Waals surface area contributed by atoms with Crippen molar-refractivity contribution >= 4 is 22.1 Å². The molecule has 1 rings (SSSR count). The minimum Gasteiger partial charge on any atom is -0.462 e. The van der Waals surface area contributed by atoms with Gasteiger partial charge in [-0.1, -0.05) is 154 Å². The number of rotatable bonds is 40. The first-order valence-corrected chi connectivity index (χ1v) is 25.5. The van der Waals surface area contributed by atoms with Crippen LogP contribution in [0.5, 0.6) is 0 Å². The molecule has 0 aromatic carbocycles. The van der Waals surface area contributed by atoms with Crippen LogP contribution in [-0.2, 0) is 38.7 Å². The Morgan fingerprint density at radius 3 is 1.38 bits per heavy atom. The van der Waals surface area contributed by atoms with Gasteiger partial charge in [0.05, 0.1) is 6.61 Å². The summed E-state index contributed by atoms with van der Waals surface area (Å²) in [6.07, 6.45) is 32.1. The van der Waals surface area contributed by atoms with Crippen molar-refractivity contribution in [2.75, 3.05) is 19.0 Å². The smallest absolute Gasteiger partial charge is 0.306 e. The van der Waals surface area contributed by atoms with Gasteiger partial charge in [-0.25, -0.2) is 0 Å². The van der Waals surface area contributed by atoms with Crippen molar-refractivity contribution in [3.8, 4) is 0 Å². The van der Waals surface area contributed by atoms with E-state index in [1.807, 2.05) is 0 Å². The van der Waals surface area contributed by atoms with E-state index < -0.39 is 71.2 Å². The summed E-state index contributed by atoms with van der Waals surface area (Å²) in [5, 5.41) is 30.9. The van der Waals surface area contributed by atoms with Crippen LogP contribution < -0.4 is 0 Å². The number of carbonyl (C=O) groups is 2. The SMILES string of the molecule is CCCCCC/C=C/CCCCCCCCCCCC(=O)O[C@H](COC(=O)CCCCCCCCC/C=C/CCCCCC)CO[C@H]1O[C@H](CS(=O)(=O)O)[C@@H](O)C(O)C1O. The maximum Gasteiger partial charge on any atom is 0.306 e. The fourth-order valence-electron chi connectivity index (χ4n) is 7.25. The molecule has 4 N–H and O–H groups in total. The zero-order chi connectivity index (χ0) is 44.1. The summed E-state index contributed by atoms with van der Waals surface area (Å²) in [5.41, 5.74) is 0. The maximum absolute atomic E-state index is 12.8. The number of hydrogen-bond donors (Lipinski definition) is 4. The van der Waals surface area contributed by atoms with E-state index in [0.717, 1.165) is 44.9 Å². The zero-order valence-corrected chi connectivity index (χ0v) is 38.4. The summed E-state index contributed by atoms with van der Waals surface area (Å²) in [6, 6.07) is 0. The third kappa shape index (κ3) is 31.9. The first kappa shape index (κ1) is 56.1. The number of carbonyl (C=O) groups excluding carboxylic acids is 2. The summed E-state index contributed by atoms with van der Waals surface area (Å²) < 4.78 is 54.1. The highest BCUT2D eigenvalue weighted by Crippen LogP contribution is 2.24. The molecule has 0 aliphatic carbocycles. The molecule has 1 aliphatic rings. The fourth-order valence-corrected chi connectivity index (χ4v) is 7.95. The lowest BCUT2D eigenvalue weighted by molar-refractivity contribution is -0.297. The Bertz CT molecular complexity index is 1210. The Morgan fingerprint density at radius 2 is 0.950 bits per heavy atom. The number of aliphatic hydroxyl groups excluding tert-OH is 3. The standard InChI is InChI=1S/C47H86O12S/c1-3-5-7-9-11-13-15-17-19-20-22-24-26-28-30-32-34-36-43(49)58-40(38-57-47-46(52)45(51)44(50)41(59-47)39-60(53,54)55)37-56-42(48)35-33-31-29-27-25-23-21-18-16-14-12-10-8-6-4-2/h13-16,40-41,44-47,50-52H,3-12,17-39H2,1-2H3,(H,53,54,55)/b15-13+,16-14+/t40-,41-,44-,45?,46?,47+/m1/s1. The van der Waals surface area contributed by atoms with Gasteiger partial charge in [0.1, 0.15) is 36.8 Å². The zero-order valence-electron chi connectivity index (χ0n) is 37.6. The van der Waals surface area contributed by atoms with E-state index in [-0.39, 0.29) is 19.4 Å². The van der Waals surface area contributed by atoms with Crippen LogP contribution in [0.15, 0.2) is 24.3 Å². The lowest BCUT2D eigenvalue weighted by Crippen LogP contribution is -2.60. The van der Waals surface area contributed by atoms with Gasteiger partial charge < -0.3 is 34.3 Å². The lowest BCUT2D eigenvalue weighted by atomic mass is 10.00. The first-order valence-electron chi connectivity index (χ1n) is 23.9. The highest BCUT2D eigenvalue weighted by molar-refractivity contribution is 7.85. The Morgan fingerprint density at radius 1 is 0.550 bits per heavy atom. The van der Waals surface area contributed by atoms with Crippen molar-refractivity contribution in [1.29, 1.82) is 0 Å². The van der Waals surface area contributed by atoms with Crippen LogP contribution in [-0.4, -0.2) is 96.0 Å². The van der Waals surface area contributed by atoms with E-state index >= 15 is 0 Å². The molecule has 60 heavy (non-hydrogen) atoms. The van der Waals surface area contributed by atoms with Gasteiger partial charge in [-0.15, -0.1) is 0 Å². The second-order valence-corrected chi connectivity index (χ2v) is 18.3. The number of ether oxygens (including phenoxy) is 4. The largest absolute Gasteiger partial charge is 0.462 e. The summed E-state index contributed by atoms with van der Waals surface area (Å²) >= 11 is 0. The Kier molecular flexibility index (Phi) is 35.2. The normalized spacial score (nSPS) is 20.3. The molecule has 0 saturated carbocycles. The van der Waals surface area contributed by atoms with Crippen molar-refractivity contribution in [2.45, 2.75) is 243 Å².